The van der Waals surface area contributed by atoms with E-state index in [4.69, 9.17) is 4.74 Å². The predicted molar refractivity (Wildman–Crippen MR) is 83.2 cm³/mol. The van der Waals surface area contributed by atoms with Crippen LogP contribution in [0.3, 0.4) is 0 Å². The minimum absolute atomic E-state index is 0. The van der Waals surface area contributed by atoms with Crippen molar-refractivity contribution in [3.8, 4) is 5.75 Å². The summed E-state index contributed by atoms with van der Waals surface area (Å²) in [6.07, 6.45) is 0. The summed E-state index contributed by atoms with van der Waals surface area (Å²) >= 11 is 0. The van der Waals surface area contributed by atoms with Gasteiger partial charge in [0.1, 0.15) is 5.75 Å². The molecular formula is C14H20Cl2N2O2. The highest BCUT2D eigenvalue weighted by Gasteiger charge is 2.38. The average molecular weight is 319 g/mol. The average Bonchev–Trinajstić information content (AvgIpc) is 2.99. The van der Waals surface area contributed by atoms with Crippen LogP contribution in [0.1, 0.15) is 10.4 Å². The first-order valence-corrected chi connectivity index (χ1v) is 6.42. The van der Waals surface area contributed by atoms with Crippen molar-refractivity contribution >= 4 is 30.7 Å². The van der Waals surface area contributed by atoms with Gasteiger partial charge in [-0.15, -0.1) is 24.8 Å². The summed E-state index contributed by atoms with van der Waals surface area (Å²) in [5.74, 6) is 2.22. The van der Waals surface area contributed by atoms with E-state index >= 15 is 0 Å². The van der Waals surface area contributed by atoms with Crippen LogP contribution < -0.4 is 10.1 Å². The van der Waals surface area contributed by atoms with Crippen LogP contribution in [0.5, 0.6) is 5.75 Å². The largest absolute Gasteiger partial charge is 0.497 e. The van der Waals surface area contributed by atoms with Crippen molar-refractivity contribution in [3.05, 3.63) is 29.8 Å². The van der Waals surface area contributed by atoms with Crippen molar-refractivity contribution in [2.24, 2.45) is 11.8 Å². The van der Waals surface area contributed by atoms with Crippen LogP contribution in [-0.2, 0) is 0 Å². The number of carbonyl (C=O) groups excluding carboxylic acids is 1. The van der Waals surface area contributed by atoms with E-state index in [0.29, 0.717) is 11.8 Å². The van der Waals surface area contributed by atoms with Gasteiger partial charge in [-0.3, -0.25) is 4.79 Å². The molecular weight excluding hydrogens is 299 g/mol. The van der Waals surface area contributed by atoms with Gasteiger partial charge in [0.2, 0.25) is 0 Å². The number of methoxy groups -OCH3 is 1. The summed E-state index contributed by atoms with van der Waals surface area (Å²) in [5.41, 5.74) is 0.753. The first kappa shape index (κ1) is 17.1. The zero-order chi connectivity index (χ0) is 12.5. The monoisotopic (exact) mass is 318 g/mol. The van der Waals surface area contributed by atoms with Crippen LogP contribution in [0.15, 0.2) is 24.3 Å². The molecule has 0 radical (unpaired) electrons. The summed E-state index contributed by atoms with van der Waals surface area (Å²) in [6.45, 7) is 3.89. The molecule has 2 aliphatic heterocycles. The fourth-order valence-corrected chi connectivity index (χ4v) is 2.94. The normalized spacial score (nSPS) is 23.6. The van der Waals surface area contributed by atoms with Gasteiger partial charge in [-0.05, 0) is 36.1 Å². The molecule has 4 nitrogen and oxygen atoms in total. The molecule has 0 bridgehead atoms. The zero-order valence-electron chi connectivity index (χ0n) is 11.4. The summed E-state index contributed by atoms with van der Waals surface area (Å²) in [6, 6.07) is 7.36. The molecule has 2 aliphatic rings. The van der Waals surface area contributed by atoms with Crippen molar-refractivity contribution in [1.82, 2.24) is 10.2 Å². The number of amides is 1. The Bertz CT molecular complexity index is 441. The van der Waals surface area contributed by atoms with Crippen molar-refractivity contribution in [2.45, 2.75) is 0 Å². The van der Waals surface area contributed by atoms with Gasteiger partial charge in [0, 0.05) is 31.7 Å². The molecule has 1 aromatic rings. The Labute approximate surface area is 131 Å². The van der Waals surface area contributed by atoms with Crippen molar-refractivity contribution in [3.63, 3.8) is 0 Å². The number of nitrogens with one attached hydrogen (secondary N) is 1. The van der Waals surface area contributed by atoms with Crippen LogP contribution in [-0.4, -0.2) is 44.1 Å². The van der Waals surface area contributed by atoms with Crippen LogP contribution in [0.4, 0.5) is 0 Å². The van der Waals surface area contributed by atoms with E-state index in [0.717, 1.165) is 37.5 Å². The number of carbonyl (C=O) groups is 1. The lowest BCUT2D eigenvalue weighted by atomic mass is 10.0. The number of rotatable bonds is 2. The van der Waals surface area contributed by atoms with Crippen LogP contribution in [0.25, 0.3) is 0 Å². The zero-order valence-corrected chi connectivity index (χ0v) is 13.0. The fourth-order valence-electron chi connectivity index (χ4n) is 2.94. The third-order valence-electron chi connectivity index (χ3n) is 4.01. The number of ether oxygens (including phenoxy) is 1. The third kappa shape index (κ3) is 3.19. The smallest absolute Gasteiger partial charge is 0.253 e. The third-order valence-corrected chi connectivity index (χ3v) is 4.01. The first-order chi connectivity index (χ1) is 8.78. The van der Waals surface area contributed by atoms with Crippen LogP contribution in [0.2, 0.25) is 0 Å². The Morgan fingerprint density at radius 2 is 1.70 bits per heavy atom. The molecule has 0 spiro atoms. The standard InChI is InChI=1S/C14H18N2O2.2ClH/c1-18-13-4-2-10(3-5-13)14(17)16-8-11-6-15-7-12(11)9-16;;/h2-5,11-12,15H,6-9H2,1H3;2*1H. The van der Waals surface area contributed by atoms with Gasteiger partial charge in [-0.1, -0.05) is 0 Å². The molecule has 20 heavy (non-hydrogen) atoms. The summed E-state index contributed by atoms with van der Waals surface area (Å²) < 4.78 is 5.10. The summed E-state index contributed by atoms with van der Waals surface area (Å²) in [7, 11) is 1.63. The van der Waals surface area contributed by atoms with E-state index in [2.05, 4.69) is 5.32 Å². The van der Waals surface area contributed by atoms with E-state index in [1.54, 1.807) is 7.11 Å². The van der Waals surface area contributed by atoms with E-state index in [1.165, 1.54) is 0 Å². The molecule has 2 unspecified atom stereocenters. The maximum Gasteiger partial charge on any atom is 0.253 e. The van der Waals surface area contributed by atoms with Gasteiger partial charge in [-0.25, -0.2) is 0 Å². The Balaban J connectivity index is 0.000001000. The molecule has 6 heteroatoms. The molecule has 3 rings (SSSR count). The molecule has 2 heterocycles. The van der Waals surface area contributed by atoms with E-state index in [1.807, 2.05) is 29.2 Å². The Hall–Kier alpha value is -0.970. The maximum absolute atomic E-state index is 12.3. The second kappa shape index (κ2) is 7.16. The van der Waals surface area contributed by atoms with Gasteiger partial charge < -0.3 is 15.0 Å². The van der Waals surface area contributed by atoms with Gasteiger partial charge in [0.25, 0.3) is 5.91 Å². The molecule has 1 amide bonds. The number of fused-ring (bicyclic) bond motifs is 1. The van der Waals surface area contributed by atoms with Gasteiger partial charge in [0.05, 0.1) is 7.11 Å². The topological polar surface area (TPSA) is 41.6 Å². The van der Waals surface area contributed by atoms with Gasteiger partial charge in [0.15, 0.2) is 0 Å². The second-order valence-corrected chi connectivity index (χ2v) is 5.12. The second-order valence-electron chi connectivity index (χ2n) is 5.12. The minimum Gasteiger partial charge on any atom is -0.497 e. The van der Waals surface area contributed by atoms with Gasteiger partial charge in [-0.2, -0.15) is 0 Å². The molecule has 0 aromatic heterocycles. The van der Waals surface area contributed by atoms with Gasteiger partial charge >= 0.3 is 0 Å². The molecule has 0 aliphatic carbocycles. The highest BCUT2D eigenvalue weighted by Crippen LogP contribution is 2.27. The van der Waals surface area contributed by atoms with E-state index in [9.17, 15) is 4.79 Å². The number of hydrogen-bond acceptors (Lipinski definition) is 3. The lowest BCUT2D eigenvalue weighted by molar-refractivity contribution is 0.0781. The number of nitrogens with zero attached hydrogens (tertiary/aromatic N) is 1. The molecule has 112 valence electrons. The molecule has 1 N–H and O–H groups in total. The molecule has 2 saturated heterocycles. The number of halogens is 2. The van der Waals surface area contributed by atoms with Crippen LogP contribution in [0, 0.1) is 11.8 Å². The molecule has 1 aromatic carbocycles. The number of benzene rings is 1. The summed E-state index contributed by atoms with van der Waals surface area (Å²) in [5, 5.41) is 3.38. The number of likely N-dealkylation sites (tertiary alicyclic amines) is 1. The highest BCUT2D eigenvalue weighted by atomic mass is 35.5. The molecule has 0 saturated carbocycles. The Morgan fingerprint density at radius 1 is 1.15 bits per heavy atom. The van der Waals surface area contributed by atoms with Crippen molar-refractivity contribution in [2.75, 3.05) is 33.3 Å². The van der Waals surface area contributed by atoms with E-state index < -0.39 is 0 Å². The lowest BCUT2D eigenvalue weighted by Gasteiger charge is -2.17. The Morgan fingerprint density at radius 3 is 2.20 bits per heavy atom. The number of hydrogen-bond donors (Lipinski definition) is 1. The quantitative estimate of drug-likeness (QED) is 0.904. The highest BCUT2D eigenvalue weighted by molar-refractivity contribution is 5.94. The molecule has 2 fully saturated rings. The van der Waals surface area contributed by atoms with Crippen molar-refractivity contribution in [1.29, 1.82) is 0 Å². The lowest BCUT2D eigenvalue weighted by Crippen LogP contribution is -2.31. The summed E-state index contributed by atoms with van der Waals surface area (Å²) in [4.78, 5) is 14.3. The van der Waals surface area contributed by atoms with Crippen molar-refractivity contribution < 1.29 is 9.53 Å². The Kier molecular flexibility index (Phi) is 6.11. The predicted octanol–water partition coefficient (Wildman–Crippen LogP) is 1.83. The maximum atomic E-state index is 12.3. The van der Waals surface area contributed by atoms with Crippen LogP contribution >= 0.6 is 24.8 Å². The van der Waals surface area contributed by atoms with E-state index in [-0.39, 0.29) is 30.7 Å². The molecule has 2 atom stereocenters. The minimum atomic E-state index is 0. The fraction of sp³-hybridized carbons (Fsp3) is 0.500. The first-order valence-electron chi connectivity index (χ1n) is 6.42. The SMILES string of the molecule is COc1ccc(C(=O)N2CC3CNCC3C2)cc1.Cl.Cl.